The van der Waals surface area contributed by atoms with Crippen molar-refractivity contribution < 1.29 is 4.79 Å². The molecule has 0 aliphatic rings. The summed E-state index contributed by atoms with van der Waals surface area (Å²) in [6, 6.07) is 27.7. The molecule has 3 aromatic carbocycles. The maximum atomic E-state index is 12.4. The number of nitrogens with one attached hydrogen (secondary N) is 2. The van der Waals surface area contributed by atoms with Crippen LogP contribution in [-0.4, -0.2) is 28.5 Å². The minimum atomic E-state index is -0.236. The van der Waals surface area contributed by atoms with Crippen molar-refractivity contribution in [2.75, 3.05) is 7.05 Å². The molecular weight excluding hydrogens is 456 g/mol. The molecule has 5 aromatic rings. The quantitative estimate of drug-likeness (QED) is 0.264. The average molecular weight is 491 g/mol. The Bertz CT molecular complexity index is 1550. The second-order valence-electron chi connectivity index (χ2n) is 9.77. The molecule has 2 N–H and O–H groups in total. The summed E-state index contributed by atoms with van der Waals surface area (Å²) in [6.45, 7) is 6.85. The number of rotatable bonds is 8. The van der Waals surface area contributed by atoms with Gasteiger partial charge in [0.2, 0.25) is 5.91 Å². The molecule has 0 aliphatic carbocycles. The summed E-state index contributed by atoms with van der Waals surface area (Å²) >= 11 is 0. The van der Waals surface area contributed by atoms with E-state index in [1.165, 1.54) is 21.8 Å². The van der Waals surface area contributed by atoms with E-state index in [1.54, 1.807) is 7.05 Å². The van der Waals surface area contributed by atoms with Crippen LogP contribution < -0.4 is 10.6 Å². The van der Waals surface area contributed by atoms with Gasteiger partial charge in [0, 0.05) is 41.8 Å². The minimum Gasteiger partial charge on any atom is -0.358 e. The van der Waals surface area contributed by atoms with Crippen molar-refractivity contribution in [1.82, 2.24) is 20.2 Å². The van der Waals surface area contributed by atoms with Crippen LogP contribution in [0.1, 0.15) is 31.5 Å². The molecule has 2 atom stereocenters. The highest BCUT2D eigenvalue weighted by Gasteiger charge is 2.23. The van der Waals surface area contributed by atoms with Gasteiger partial charge in [0.05, 0.1) is 22.8 Å². The first kappa shape index (κ1) is 24.7. The van der Waals surface area contributed by atoms with Gasteiger partial charge in [-0.25, -0.2) is 0 Å². The highest BCUT2D eigenvalue weighted by molar-refractivity contribution is 6.10. The Labute approximate surface area is 218 Å². The van der Waals surface area contributed by atoms with Gasteiger partial charge in [0.1, 0.15) is 0 Å². The lowest BCUT2D eigenvalue weighted by Gasteiger charge is -2.23. The van der Waals surface area contributed by atoms with Crippen molar-refractivity contribution in [2.24, 2.45) is 5.92 Å². The van der Waals surface area contributed by atoms with Crippen LogP contribution in [0.15, 0.2) is 85.1 Å². The molecule has 1 amide bonds. The van der Waals surface area contributed by atoms with Crippen LogP contribution in [0.4, 0.5) is 0 Å². The molecule has 5 rings (SSSR count). The van der Waals surface area contributed by atoms with E-state index in [0.29, 0.717) is 6.54 Å². The minimum absolute atomic E-state index is 0.0200. The Balaban J connectivity index is 1.48. The van der Waals surface area contributed by atoms with E-state index >= 15 is 0 Å². The van der Waals surface area contributed by atoms with Crippen molar-refractivity contribution in [3.8, 4) is 16.8 Å². The highest BCUT2D eigenvalue weighted by atomic mass is 16.2. The SMILES string of the molecule is CC[C@H](C)[C@@H](NCc1ncc(-c2ccc3c(c2)c2ccccc2n3-c2ccccc2)cc1C)C(=O)NC. The van der Waals surface area contributed by atoms with Gasteiger partial charge in [0.15, 0.2) is 0 Å². The number of likely N-dealkylation sites (N-methyl/N-ethyl adjacent to an activating group) is 1. The number of benzene rings is 3. The fourth-order valence-corrected chi connectivity index (χ4v) is 5.10. The van der Waals surface area contributed by atoms with Gasteiger partial charge in [0.25, 0.3) is 0 Å². The van der Waals surface area contributed by atoms with Crippen molar-refractivity contribution in [3.05, 3.63) is 96.3 Å². The van der Waals surface area contributed by atoms with E-state index in [-0.39, 0.29) is 17.9 Å². The smallest absolute Gasteiger partial charge is 0.237 e. The normalized spacial score (nSPS) is 13.1. The molecule has 188 valence electrons. The van der Waals surface area contributed by atoms with Gasteiger partial charge in [-0.1, -0.05) is 62.7 Å². The first-order chi connectivity index (χ1) is 18.0. The number of aromatic nitrogens is 2. The van der Waals surface area contributed by atoms with Crippen LogP contribution in [0, 0.1) is 12.8 Å². The third kappa shape index (κ3) is 4.75. The number of carbonyl (C=O) groups excluding carboxylic acids is 1. The number of hydrogen-bond donors (Lipinski definition) is 2. The van der Waals surface area contributed by atoms with Crippen LogP contribution in [0.5, 0.6) is 0 Å². The van der Waals surface area contributed by atoms with E-state index in [4.69, 9.17) is 4.98 Å². The fourth-order valence-electron chi connectivity index (χ4n) is 5.10. The summed E-state index contributed by atoms with van der Waals surface area (Å²) in [4.78, 5) is 17.1. The van der Waals surface area contributed by atoms with E-state index in [2.05, 4.69) is 109 Å². The third-order valence-corrected chi connectivity index (χ3v) is 7.44. The maximum Gasteiger partial charge on any atom is 0.237 e. The van der Waals surface area contributed by atoms with Gasteiger partial charge in [-0.05, 0) is 60.4 Å². The van der Waals surface area contributed by atoms with Gasteiger partial charge in [-0.3, -0.25) is 15.1 Å². The molecule has 0 saturated heterocycles. The molecule has 0 saturated carbocycles. The molecule has 2 heterocycles. The van der Waals surface area contributed by atoms with E-state index in [9.17, 15) is 4.79 Å². The summed E-state index contributed by atoms with van der Waals surface area (Å²) in [5.41, 5.74) is 7.84. The molecule has 0 radical (unpaired) electrons. The molecule has 5 nitrogen and oxygen atoms in total. The van der Waals surface area contributed by atoms with Crippen molar-refractivity contribution in [1.29, 1.82) is 0 Å². The molecule has 2 aromatic heterocycles. The topological polar surface area (TPSA) is 59.0 Å². The molecular formula is C32H34N4O. The number of para-hydroxylation sites is 2. The number of amides is 1. The van der Waals surface area contributed by atoms with Crippen LogP contribution >= 0.6 is 0 Å². The zero-order chi connectivity index (χ0) is 25.9. The zero-order valence-corrected chi connectivity index (χ0v) is 22.0. The highest BCUT2D eigenvalue weighted by Crippen LogP contribution is 2.34. The largest absolute Gasteiger partial charge is 0.358 e. The maximum absolute atomic E-state index is 12.4. The fraction of sp³-hybridized carbons (Fsp3) is 0.250. The van der Waals surface area contributed by atoms with E-state index < -0.39 is 0 Å². The standard InChI is InChI=1S/C32H34N4O/c1-5-21(2)31(32(37)33-4)35-20-28-22(3)17-24(19-34-28)23-15-16-30-27(18-23)26-13-9-10-14-29(26)36(30)25-11-7-6-8-12-25/h6-19,21,31,35H,5,20H2,1-4H3,(H,33,37)/t21-,31+/m0/s1. The van der Waals surface area contributed by atoms with Gasteiger partial charge in [-0.15, -0.1) is 0 Å². The third-order valence-electron chi connectivity index (χ3n) is 7.44. The monoisotopic (exact) mass is 490 g/mol. The molecule has 0 fully saturated rings. The molecule has 0 bridgehead atoms. The Kier molecular flexibility index (Phi) is 7.06. The Morgan fingerprint density at radius 2 is 1.65 bits per heavy atom. The number of pyridine rings is 1. The summed E-state index contributed by atoms with van der Waals surface area (Å²) in [5, 5.41) is 8.66. The second-order valence-corrected chi connectivity index (χ2v) is 9.77. The van der Waals surface area contributed by atoms with Crippen LogP contribution in [0.25, 0.3) is 38.6 Å². The lowest BCUT2D eigenvalue weighted by molar-refractivity contribution is -0.123. The summed E-state index contributed by atoms with van der Waals surface area (Å²) < 4.78 is 2.33. The average Bonchev–Trinajstić information content (AvgIpc) is 3.27. The van der Waals surface area contributed by atoms with Crippen molar-refractivity contribution in [2.45, 2.75) is 39.8 Å². The predicted octanol–water partition coefficient (Wildman–Crippen LogP) is 6.40. The van der Waals surface area contributed by atoms with Crippen LogP contribution in [0.2, 0.25) is 0 Å². The first-order valence-electron chi connectivity index (χ1n) is 13.0. The molecule has 0 spiro atoms. The number of hydrogen-bond acceptors (Lipinski definition) is 3. The lowest BCUT2D eigenvalue weighted by atomic mass is 9.98. The Hall–Kier alpha value is -3.96. The molecule has 37 heavy (non-hydrogen) atoms. The number of nitrogens with zero attached hydrogens (tertiary/aromatic N) is 2. The van der Waals surface area contributed by atoms with Gasteiger partial charge < -0.3 is 9.88 Å². The van der Waals surface area contributed by atoms with Crippen molar-refractivity contribution in [3.63, 3.8) is 0 Å². The second kappa shape index (κ2) is 10.6. The number of carbonyl (C=O) groups is 1. The van der Waals surface area contributed by atoms with E-state index in [1.807, 2.05) is 12.3 Å². The molecule has 5 heteroatoms. The van der Waals surface area contributed by atoms with Gasteiger partial charge >= 0.3 is 0 Å². The lowest BCUT2D eigenvalue weighted by Crippen LogP contribution is -2.46. The molecule has 0 aliphatic heterocycles. The number of fused-ring (bicyclic) bond motifs is 3. The first-order valence-corrected chi connectivity index (χ1v) is 13.0. The van der Waals surface area contributed by atoms with Gasteiger partial charge in [-0.2, -0.15) is 0 Å². The Morgan fingerprint density at radius 3 is 2.38 bits per heavy atom. The number of aryl methyl sites for hydroxylation is 1. The predicted molar refractivity (Wildman–Crippen MR) is 153 cm³/mol. The van der Waals surface area contributed by atoms with Crippen LogP contribution in [-0.2, 0) is 11.3 Å². The van der Waals surface area contributed by atoms with Crippen LogP contribution in [0.3, 0.4) is 0 Å². The van der Waals surface area contributed by atoms with E-state index in [0.717, 1.165) is 34.5 Å². The Morgan fingerprint density at radius 1 is 0.919 bits per heavy atom. The molecule has 0 unspecified atom stereocenters. The zero-order valence-electron chi connectivity index (χ0n) is 22.0. The van der Waals surface area contributed by atoms with Crippen molar-refractivity contribution >= 4 is 27.7 Å². The summed E-state index contributed by atoms with van der Waals surface area (Å²) in [7, 11) is 1.69. The summed E-state index contributed by atoms with van der Waals surface area (Å²) in [5.74, 6) is 0.260. The summed E-state index contributed by atoms with van der Waals surface area (Å²) in [6.07, 6.45) is 2.87.